The Hall–Kier alpha value is -1.84. The van der Waals surface area contributed by atoms with Crippen molar-refractivity contribution in [3.05, 3.63) is 30.5 Å². The van der Waals surface area contributed by atoms with Gasteiger partial charge in [0, 0.05) is 5.39 Å². The number of carbonyl (C=O) groups is 1. The Labute approximate surface area is 75.5 Å². The van der Waals surface area contributed by atoms with Gasteiger partial charge in [-0.25, -0.2) is 0 Å². The Morgan fingerprint density at radius 2 is 2.15 bits per heavy atom. The normalized spacial score (nSPS) is 8.69. The molecule has 1 N–H and O–H groups in total. The number of hydrogen-bond acceptors (Lipinski definition) is 3. The summed E-state index contributed by atoms with van der Waals surface area (Å²) in [5.41, 5.74) is 1.09. The molecule has 0 aliphatic carbocycles. The molecule has 0 amide bonds. The van der Waals surface area contributed by atoms with Crippen LogP contribution in [0.15, 0.2) is 30.5 Å². The lowest BCUT2D eigenvalue weighted by Gasteiger charge is -1.81. The van der Waals surface area contributed by atoms with Crippen molar-refractivity contribution in [2.45, 2.75) is 0 Å². The quantitative estimate of drug-likeness (QED) is 0.670. The molecule has 0 aliphatic heterocycles. The van der Waals surface area contributed by atoms with Gasteiger partial charge in [-0.1, -0.05) is 18.2 Å². The van der Waals surface area contributed by atoms with Gasteiger partial charge in [-0.15, -0.1) is 0 Å². The molecule has 0 aliphatic rings. The van der Waals surface area contributed by atoms with Crippen LogP contribution in [0.2, 0.25) is 0 Å². The van der Waals surface area contributed by atoms with Crippen LogP contribution in [0.4, 0.5) is 0 Å². The highest BCUT2D eigenvalue weighted by Crippen LogP contribution is 2.06. The minimum absolute atomic E-state index is 0.375. The largest absolute Gasteiger partial charge is 0.471 e. The number of para-hydroxylation sites is 1. The Balaban J connectivity index is 0.000000184. The molecule has 4 nitrogen and oxygen atoms in total. The van der Waals surface area contributed by atoms with Gasteiger partial charge in [0.15, 0.2) is 0 Å². The van der Waals surface area contributed by atoms with E-state index in [2.05, 4.69) is 14.9 Å². The summed E-state index contributed by atoms with van der Waals surface area (Å²) in [4.78, 5) is 8.95. The Bertz CT molecular complexity index is 340. The summed E-state index contributed by atoms with van der Waals surface area (Å²) in [5.74, 6) is 0. The maximum atomic E-state index is 8.95. The highest BCUT2D eigenvalue weighted by Gasteiger charge is 1.88. The Morgan fingerprint density at radius 3 is 2.77 bits per heavy atom. The van der Waals surface area contributed by atoms with Gasteiger partial charge in [-0.3, -0.25) is 9.89 Å². The maximum absolute atomic E-state index is 8.95. The summed E-state index contributed by atoms with van der Waals surface area (Å²) in [5, 5.41) is 7.91. The summed E-state index contributed by atoms with van der Waals surface area (Å²) in [6.45, 7) is 0.375. The first kappa shape index (κ1) is 9.25. The van der Waals surface area contributed by atoms with Crippen LogP contribution >= 0.6 is 0 Å². The molecule has 1 aromatic heterocycles. The van der Waals surface area contributed by atoms with Gasteiger partial charge in [0.05, 0.1) is 18.8 Å². The van der Waals surface area contributed by atoms with Crippen LogP contribution in [0.3, 0.4) is 0 Å². The predicted octanol–water partition coefficient (Wildman–Crippen LogP) is 1.35. The molecule has 0 fully saturated rings. The van der Waals surface area contributed by atoms with Crippen LogP contribution in [0.5, 0.6) is 0 Å². The summed E-state index contributed by atoms with van der Waals surface area (Å²) in [6.07, 6.45) is 1.81. The number of aromatic amines is 1. The van der Waals surface area contributed by atoms with Crippen molar-refractivity contribution < 1.29 is 9.53 Å². The molecule has 0 saturated heterocycles. The number of fused-ring (bicyclic) bond motifs is 1. The first-order valence-electron chi connectivity index (χ1n) is 3.73. The molecule has 0 bridgehead atoms. The van der Waals surface area contributed by atoms with Gasteiger partial charge >= 0.3 is 0 Å². The monoisotopic (exact) mass is 178 g/mol. The van der Waals surface area contributed by atoms with Crippen LogP contribution in [-0.2, 0) is 9.53 Å². The van der Waals surface area contributed by atoms with Gasteiger partial charge in [-0.2, -0.15) is 5.10 Å². The molecule has 0 unspecified atom stereocenters. The van der Waals surface area contributed by atoms with Crippen LogP contribution in [-0.4, -0.2) is 23.8 Å². The third-order valence-corrected chi connectivity index (χ3v) is 1.45. The van der Waals surface area contributed by atoms with Crippen molar-refractivity contribution in [1.29, 1.82) is 0 Å². The van der Waals surface area contributed by atoms with Crippen molar-refractivity contribution in [3.63, 3.8) is 0 Å². The average Bonchev–Trinajstić information content (AvgIpc) is 2.66. The second-order valence-corrected chi connectivity index (χ2v) is 2.29. The zero-order chi connectivity index (χ0) is 9.52. The van der Waals surface area contributed by atoms with E-state index in [1.807, 2.05) is 30.5 Å². The molecule has 0 saturated carbocycles. The molecule has 0 atom stereocenters. The number of benzene rings is 1. The van der Waals surface area contributed by atoms with Gasteiger partial charge in [0.25, 0.3) is 6.47 Å². The lowest BCUT2D eigenvalue weighted by Crippen LogP contribution is -1.68. The number of nitrogens with zero attached hydrogens (tertiary/aromatic N) is 1. The van der Waals surface area contributed by atoms with Crippen molar-refractivity contribution in [2.75, 3.05) is 7.11 Å². The second kappa shape index (κ2) is 4.92. The number of carbonyl (C=O) groups excluding carboxylic acids is 1. The van der Waals surface area contributed by atoms with E-state index in [1.54, 1.807) is 0 Å². The fraction of sp³-hybridized carbons (Fsp3) is 0.111. The molecule has 68 valence electrons. The number of nitrogens with one attached hydrogen (secondary N) is 1. The van der Waals surface area contributed by atoms with Gasteiger partial charge in [-0.05, 0) is 6.07 Å². The first-order valence-corrected chi connectivity index (χ1v) is 3.73. The van der Waals surface area contributed by atoms with Crippen molar-refractivity contribution in [3.8, 4) is 0 Å². The lowest BCUT2D eigenvalue weighted by molar-refractivity contribution is -0.126. The second-order valence-electron chi connectivity index (χ2n) is 2.29. The first-order chi connectivity index (χ1) is 6.38. The minimum Gasteiger partial charge on any atom is -0.471 e. The summed E-state index contributed by atoms with van der Waals surface area (Å²) in [7, 11) is 1.31. The van der Waals surface area contributed by atoms with Crippen molar-refractivity contribution >= 4 is 17.4 Å². The number of hydrogen-bond donors (Lipinski definition) is 1. The van der Waals surface area contributed by atoms with E-state index in [4.69, 9.17) is 4.79 Å². The van der Waals surface area contributed by atoms with E-state index in [0.29, 0.717) is 6.47 Å². The number of H-pyrrole nitrogens is 1. The van der Waals surface area contributed by atoms with E-state index in [-0.39, 0.29) is 0 Å². The Kier molecular flexibility index (Phi) is 3.50. The van der Waals surface area contributed by atoms with E-state index >= 15 is 0 Å². The van der Waals surface area contributed by atoms with E-state index in [9.17, 15) is 0 Å². The average molecular weight is 178 g/mol. The predicted molar refractivity (Wildman–Crippen MR) is 49.2 cm³/mol. The standard InChI is InChI=1S/C7H6N2.C2H4O2/c1-2-4-7-6(3-1)5-8-9-7;1-4-2-3/h1-5H,(H,8,9);2H,1H3. The Morgan fingerprint density at radius 1 is 1.46 bits per heavy atom. The lowest BCUT2D eigenvalue weighted by atomic mass is 10.3. The maximum Gasteiger partial charge on any atom is 0.292 e. The van der Waals surface area contributed by atoms with Gasteiger partial charge in [0.2, 0.25) is 0 Å². The van der Waals surface area contributed by atoms with Crippen LogP contribution in [0.1, 0.15) is 0 Å². The van der Waals surface area contributed by atoms with Gasteiger partial charge in [0.1, 0.15) is 0 Å². The molecule has 4 heteroatoms. The molecule has 0 spiro atoms. The third kappa shape index (κ3) is 2.59. The number of ether oxygens (including phenoxy) is 1. The molecule has 13 heavy (non-hydrogen) atoms. The van der Waals surface area contributed by atoms with E-state index < -0.39 is 0 Å². The van der Waals surface area contributed by atoms with Crippen molar-refractivity contribution in [1.82, 2.24) is 10.2 Å². The zero-order valence-corrected chi connectivity index (χ0v) is 7.23. The molecule has 0 radical (unpaired) electrons. The van der Waals surface area contributed by atoms with Crippen LogP contribution < -0.4 is 0 Å². The number of methoxy groups -OCH3 is 1. The molecule has 2 aromatic rings. The summed E-state index contributed by atoms with van der Waals surface area (Å²) in [6, 6.07) is 8.01. The molecule has 1 heterocycles. The fourth-order valence-electron chi connectivity index (χ4n) is 0.883. The van der Waals surface area contributed by atoms with Gasteiger partial charge < -0.3 is 4.74 Å². The molecule has 1 aromatic carbocycles. The van der Waals surface area contributed by atoms with E-state index in [0.717, 1.165) is 10.9 Å². The molecule has 2 rings (SSSR count). The molecular formula is C9H10N2O2. The zero-order valence-electron chi connectivity index (χ0n) is 7.23. The smallest absolute Gasteiger partial charge is 0.292 e. The fourth-order valence-corrected chi connectivity index (χ4v) is 0.883. The number of aromatic nitrogens is 2. The highest BCUT2D eigenvalue weighted by atomic mass is 16.5. The van der Waals surface area contributed by atoms with Crippen molar-refractivity contribution in [2.24, 2.45) is 0 Å². The topological polar surface area (TPSA) is 55.0 Å². The SMILES string of the molecule is COC=O.c1ccc2[nH]ncc2c1. The third-order valence-electron chi connectivity index (χ3n) is 1.45. The van der Waals surface area contributed by atoms with E-state index in [1.165, 1.54) is 7.11 Å². The number of rotatable bonds is 1. The summed E-state index contributed by atoms with van der Waals surface area (Å²) < 4.78 is 3.86. The summed E-state index contributed by atoms with van der Waals surface area (Å²) >= 11 is 0. The van der Waals surface area contributed by atoms with Crippen LogP contribution in [0.25, 0.3) is 10.9 Å². The highest BCUT2D eigenvalue weighted by molar-refractivity contribution is 5.77. The molecular weight excluding hydrogens is 168 g/mol. The minimum atomic E-state index is 0.375. The van der Waals surface area contributed by atoms with Crippen LogP contribution in [0, 0.1) is 0 Å².